The lowest BCUT2D eigenvalue weighted by Gasteiger charge is -2.21. The van der Waals surface area contributed by atoms with Crippen molar-refractivity contribution >= 4 is 23.2 Å². The molecule has 1 unspecified atom stereocenters. The monoisotopic (exact) mass is 311 g/mol. The summed E-state index contributed by atoms with van der Waals surface area (Å²) in [4.78, 5) is 0. The number of hydrogen-bond donors (Lipinski definition) is 1. The van der Waals surface area contributed by atoms with Gasteiger partial charge >= 0.3 is 0 Å². The Morgan fingerprint density at radius 2 is 1.60 bits per heavy atom. The molecule has 0 bridgehead atoms. The molecule has 0 saturated heterocycles. The van der Waals surface area contributed by atoms with Gasteiger partial charge in [-0.05, 0) is 49.2 Å². The van der Waals surface area contributed by atoms with Crippen LogP contribution in [0, 0.1) is 5.82 Å². The maximum Gasteiger partial charge on any atom is 0.123 e. The molecule has 0 amide bonds. The van der Waals surface area contributed by atoms with Crippen LogP contribution in [-0.2, 0) is 0 Å². The van der Waals surface area contributed by atoms with Crippen molar-refractivity contribution in [1.29, 1.82) is 0 Å². The molecule has 2 atom stereocenters. The third kappa shape index (κ3) is 3.72. The van der Waals surface area contributed by atoms with Gasteiger partial charge in [0, 0.05) is 22.1 Å². The van der Waals surface area contributed by atoms with Gasteiger partial charge in [0.1, 0.15) is 5.82 Å². The highest BCUT2D eigenvalue weighted by Crippen LogP contribution is 2.28. The molecule has 20 heavy (non-hydrogen) atoms. The van der Waals surface area contributed by atoms with Crippen molar-refractivity contribution in [3.63, 3.8) is 0 Å². The molecule has 4 heteroatoms. The average Bonchev–Trinajstić information content (AvgIpc) is 2.39. The Labute approximate surface area is 128 Å². The van der Waals surface area contributed by atoms with Crippen LogP contribution >= 0.6 is 23.2 Å². The fraction of sp³-hybridized carbons (Fsp3) is 0.250. The van der Waals surface area contributed by atoms with Gasteiger partial charge in [-0.15, -0.1) is 0 Å². The summed E-state index contributed by atoms with van der Waals surface area (Å²) in [5.41, 5.74) is 2.02. The van der Waals surface area contributed by atoms with Crippen LogP contribution in [0.25, 0.3) is 0 Å². The SMILES string of the molecule is CC(N[C@@H](C)c1ccc(F)cc1)c1ccc(Cl)cc1Cl. The Kier molecular flexibility index (Phi) is 5.03. The van der Waals surface area contributed by atoms with E-state index in [-0.39, 0.29) is 17.9 Å². The smallest absolute Gasteiger partial charge is 0.123 e. The average molecular weight is 312 g/mol. The zero-order valence-electron chi connectivity index (χ0n) is 11.3. The minimum absolute atomic E-state index is 0.0693. The summed E-state index contributed by atoms with van der Waals surface area (Å²) in [7, 11) is 0. The minimum atomic E-state index is -0.227. The van der Waals surface area contributed by atoms with Crippen LogP contribution in [-0.4, -0.2) is 0 Å². The van der Waals surface area contributed by atoms with Crippen molar-refractivity contribution < 1.29 is 4.39 Å². The number of nitrogens with one attached hydrogen (secondary N) is 1. The van der Waals surface area contributed by atoms with Crippen LogP contribution in [0.2, 0.25) is 10.0 Å². The number of rotatable bonds is 4. The lowest BCUT2D eigenvalue weighted by molar-refractivity contribution is 0.494. The van der Waals surface area contributed by atoms with Gasteiger partial charge < -0.3 is 5.32 Å². The van der Waals surface area contributed by atoms with E-state index in [0.717, 1.165) is 11.1 Å². The molecule has 1 N–H and O–H groups in total. The van der Waals surface area contributed by atoms with Crippen LogP contribution < -0.4 is 5.32 Å². The highest BCUT2D eigenvalue weighted by atomic mass is 35.5. The quantitative estimate of drug-likeness (QED) is 0.781. The van der Waals surface area contributed by atoms with Crippen LogP contribution in [0.1, 0.15) is 37.1 Å². The zero-order valence-corrected chi connectivity index (χ0v) is 12.8. The van der Waals surface area contributed by atoms with Gasteiger partial charge in [0.2, 0.25) is 0 Å². The molecule has 0 aliphatic rings. The molecule has 0 radical (unpaired) electrons. The maximum absolute atomic E-state index is 12.9. The number of halogens is 3. The third-order valence-corrected chi connectivity index (χ3v) is 3.86. The Balaban J connectivity index is 2.10. The van der Waals surface area contributed by atoms with Crippen molar-refractivity contribution in [1.82, 2.24) is 5.32 Å². The fourth-order valence-corrected chi connectivity index (χ4v) is 2.74. The van der Waals surface area contributed by atoms with Crippen LogP contribution in [0.3, 0.4) is 0 Å². The Morgan fingerprint density at radius 1 is 0.950 bits per heavy atom. The lowest BCUT2D eigenvalue weighted by Crippen LogP contribution is -2.22. The first-order valence-electron chi connectivity index (χ1n) is 6.44. The second kappa shape index (κ2) is 6.57. The van der Waals surface area contributed by atoms with Crippen molar-refractivity contribution in [2.24, 2.45) is 0 Å². The maximum atomic E-state index is 12.9. The van der Waals surface area contributed by atoms with E-state index >= 15 is 0 Å². The summed E-state index contributed by atoms with van der Waals surface area (Å²) >= 11 is 12.1. The van der Waals surface area contributed by atoms with E-state index in [1.165, 1.54) is 12.1 Å². The second-order valence-electron chi connectivity index (χ2n) is 4.83. The molecule has 0 aliphatic heterocycles. The van der Waals surface area contributed by atoms with E-state index in [1.54, 1.807) is 18.2 Å². The van der Waals surface area contributed by atoms with E-state index in [1.807, 2.05) is 26.0 Å². The minimum Gasteiger partial charge on any atom is -0.304 e. The van der Waals surface area contributed by atoms with Gasteiger partial charge in [0.05, 0.1) is 0 Å². The Morgan fingerprint density at radius 3 is 2.20 bits per heavy atom. The molecular formula is C16H16Cl2FN. The molecule has 0 heterocycles. The van der Waals surface area contributed by atoms with Crippen molar-refractivity contribution in [3.05, 3.63) is 69.5 Å². The van der Waals surface area contributed by atoms with E-state index in [2.05, 4.69) is 5.32 Å². The van der Waals surface area contributed by atoms with Crippen LogP contribution in [0.15, 0.2) is 42.5 Å². The van der Waals surface area contributed by atoms with E-state index in [9.17, 15) is 4.39 Å². The van der Waals surface area contributed by atoms with Crippen molar-refractivity contribution in [2.45, 2.75) is 25.9 Å². The number of hydrogen-bond acceptors (Lipinski definition) is 1. The summed E-state index contributed by atoms with van der Waals surface area (Å²) in [5.74, 6) is -0.227. The molecule has 0 spiro atoms. The highest BCUT2D eigenvalue weighted by molar-refractivity contribution is 6.35. The molecule has 0 fully saturated rings. The molecule has 2 aromatic rings. The standard InChI is InChI=1S/C16H16Cl2FN/c1-10(12-3-6-14(19)7-4-12)20-11(2)15-8-5-13(17)9-16(15)18/h3-11,20H,1-2H3/t10-,11?/m0/s1. The van der Waals surface area contributed by atoms with Gasteiger partial charge in [-0.25, -0.2) is 4.39 Å². The summed E-state index contributed by atoms with van der Waals surface area (Å²) in [6.45, 7) is 4.07. The lowest BCUT2D eigenvalue weighted by atomic mass is 10.0. The van der Waals surface area contributed by atoms with Gasteiger partial charge in [0.15, 0.2) is 0 Å². The van der Waals surface area contributed by atoms with E-state index in [0.29, 0.717) is 10.0 Å². The van der Waals surface area contributed by atoms with Crippen molar-refractivity contribution in [3.8, 4) is 0 Å². The van der Waals surface area contributed by atoms with Crippen LogP contribution in [0.4, 0.5) is 4.39 Å². The summed E-state index contributed by atoms with van der Waals surface area (Å²) in [6, 6.07) is 12.1. The number of benzene rings is 2. The first-order chi connectivity index (χ1) is 9.47. The van der Waals surface area contributed by atoms with Crippen molar-refractivity contribution in [2.75, 3.05) is 0 Å². The third-order valence-electron chi connectivity index (χ3n) is 3.30. The first kappa shape index (κ1) is 15.3. The molecule has 1 nitrogen and oxygen atoms in total. The predicted octanol–water partition coefficient (Wildman–Crippen LogP) is 5.54. The summed E-state index contributed by atoms with van der Waals surface area (Å²) < 4.78 is 12.9. The topological polar surface area (TPSA) is 12.0 Å². The largest absolute Gasteiger partial charge is 0.304 e. The zero-order chi connectivity index (χ0) is 14.7. The molecule has 0 aromatic heterocycles. The predicted molar refractivity (Wildman–Crippen MR) is 82.8 cm³/mol. The van der Waals surface area contributed by atoms with Gasteiger partial charge in [-0.1, -0.05) is 41.4 Å². The molecule has 2 rings (SSSR count). The summed E-state index contributed by atoms with van der Waals surface area (Å²) in [5, 5.41) is 4.71. The molecule has 2 aromatic carbocycles. The van der Waals surface area contributed by atoms with Gasteiger partial charge in [-0.2, -0.15) is 0 Å². The molecule has 0 aliphatic carbocycles. The molecular weight excluding hydrogens is 296 g/mol. The van der Waals surface area contributed by atoms with E-state index in [4.69, 9.17) is 23.2 Å². The molecule has 106 valence electrons. The molecule has 0 saturated carbocycles. The Bertz CT molecular complexity index is 584. The van der Waals surface area contributed by atoms with Gasteiger partial charge in [0.25, 0.3) is 0 Å². The normalized spacial score (nSPS) is 14.1. The first-order valence-corrected chi connectivity index (χ1v) is 7.19. The van der Waals surface area contributed by atoms with E-state index < -0.39 is 0 Å². The van der Waals surface area contributed by atoms with Crippen LogP contribution in [0.5, 0.6) is 0 Å². The summed E-state index contributed by atoms with van der Waals surface area (Å²) in [6.07, 6.45) is 0. The highest BCUT2D eigenvalue weighted by Gasteiger charge is 2.14. The van der Waals surface area contributed by atoms with Gasteiger partial charge in [-0.3, -0.25) is 0 Å². The second-order valence-corrected chi connectivity index (χ2v) is 5.67. The Hall–Kier alpha value is -1.09. The fourth-order valence-electron chi connectivity index (χ4n) is 2.17.